The topological polar surface area (TPSA) is 118 Å². The molecule has 0 saturated carbocycles. The number of carbonyl (C=O) groups is 1. The van der Waals surface area contributed by atoms with Crippen LogP contribution in [-0.2, 0) is 11.8 Å². The first-order chi connectivity index (χ1) is 15.5. The zero-order valence-electron chi connectivity index (χ0n) is 17.9. The molecule has 0 unspecified atom stereocenters. The molecule has 4 heterocycles. The second-order valence-corrected chi connectivity index (χ2v) is 9.32. The number of thioether (sulfide) groups is 1. The molecular weight excluding hydrogens is 450 g/mol. The predicted octanol–water partition coefficient (Wildman–Crippen LogP) is 3.01. The Morgan fingerprint density at radius 2 is 2.19 bits per heavy atom. The monoisotopic (exact) mass is 475 g/mol. The summed E-state index contributed by atoms with van der Waals surface area (Å²) in [5.74, 6) is 3.38. The molecule has 1 aliphatic heterocycles. The van der Waals surface area contributed by atoms with Gasteiger partial charge in [0.25, 0.3) is 0 Å². The van der Waals surface area contributed by atoms with E-state index in [9.17, 15) is 4.79 Å². The fourth-order valence-corrected chi connectivity index (χ4v) is 4.72. The van der Waals surface area contributed by atoms with E-state index >= 15 is 0 Å². The van der Waals surface area contributed by atoms with Gasteiger partial charge in [-0.1, -0.05) is 0 Å². The molecule has 1 saturated heterocycles. The molecule has 0 radical (unpaired) electrons. The van der Waals surface area contributed by atoms with Crippen molar-refractivity contribution < 1.29 is 14.6 Å². The van der Waals surface area contributed by atoms with Gasteiger partial charge in [-0.05, 0) is 18.9 Å². The molecule has 32 heavy (non-hydrogen) atoms. The lowest BCUT2D eigenvalue weighted by Gasteiger charge is -2.29. The highest BCUT2D eigenvalue weighted by Crippen LogP contribution is 2.35. The minimum absolute atomic E-state index is 0.0857. The third-order valence-corrected chi connectivity index (χ3v) is 6.66. The SMILES string of the molecule is CC(=O)N1CCC(c2nsc(Nc3ncc(SCCO)cc3Oc3cnn(C)c3)n2)CC1. The van der Waals surface area contributed by atoms with E-state index in [-0.39, 0.29) is 18.4 Å². The lowest BCUT2D eigenvalue weighted by Crippen LogP contribution is -2.36. The molecule has 3 aromatic rings. The van der Waals surface area contributed by atoms with Crippen molar-refractivity contribution in [3.8, 4) is 11.5 Å². The molecule has 3 aromatic heterocycles. The minimum atomic E-state index is 0.0857. The van der Waals surface area contributed by atoms with Crippen molar-refractivity contribution in [1.82, 2.24) is 29.0 Å². The van der Waals surface area contributed by atoms with Crippen LogP contribution in [0, 0.1) is 0 Å². The molecule has 12 heteroatoms. The molecule has 0 aliphatic carbocycles. The van der Waals surface area contributed by atoms with Crippen molar-refractivity contribution >= 4 is 40.2 Å². The number of ether oxygens (including phenoxy) is 1. The molecule has 170 valence electrons. The van der Waals surface area contributed by atoms with Gasteiger partial charge in [0.2, 0.25) is 11.0 Å². The summed E-state index contributed by atoms with van der Waals surface area (Å²) in [5.41, 5.74) is 0. The predicted molar refractivity (Wildman–Crippen MR) is 123 cm³/mol. The van der Waals surface area contributed by atoms with E-state index in [0.717, 1.165) is 36.7 Å². The van der Waals surface area contributed by atoms with Crippen LogP contribution >= 0.6 is 23.3 Å². The Morgan fingerprint density at radius 1 is 1.38 bits per heavy atom. The Bertz CT molecular complexity index is 1060. The number of amides is 1. The maximum atomic E-state index is 11.5. The summed E-state index contributed by atoms with van der Waals surface area (Å²) < 4.78 is 12.2. The summed E-state index contributed by atoms with van der Waals surface area (Å²) in [6.07, 6.45) is 6.86. The van der Waals surface area contributed by atoms with Gasteiger partial charge >= 0.3 is 0 Å². The van der Waals surface area contributed by atoms with Crippen LogP contribution in [0.25, 0.3) is 0 Å². The Labute approximate surface area is 194 Å². The number of hydrogen-bond donors (Lipinski definition) is 2. The van der Waals surface area contributed by atoms with Gasteiger partial charge in [0, 0.05) is 61.4 Å². The summed E-state index contributed by atoms with van der Waals surface area (Å²) in [6.45, 7) is 3.16. The average Bonchev–Trinajstić information content (AvgIpc) is 3.42. The molecule has 0 atom stereocenters. The molecule has 1 amide bonds. The first kappa shape index (κ1) is 22.5. The number of likely N-dealkylation sites (tertiary alicyclic amines) is 1. The van der Waals surface area contributed by atoms with Gasteiger partial charge in [-0.25, -0.2) is 9.97 Å². The summed E-state index contributed by atoms with van der Waals surface area (Å²) in [6, 6.07) is 1.88. The maximum absolute atomic E-state index is 11.5. The standard InChI is InChI=1S/C20H25N7O3S2/c1-13(29)27-5-3-14(4-6-27)18-23-20(32-25-18)24-19-17(30-15-10-22-26(2)12-15)9-16(11-21-19)31-8-7-28/h9-12,14,28H,3-8H2,1-2H3,(H,21,23,24,25). The summed E-state index contributed by atoms with van der Waals surface area (Å²) >= 11 is 2.78. The summed E-state index contributed by atoms with van der Waals surface area (Å²) in [5, 5.41) is 17.1. The Hall–Kier alpha value is -2.70. The number of anilines is 2. The zero-order chi connectivity index (χ0) is 22.5. The summed E-state index contributed by atoms with van der Waals surface area (Å²) in [4.78, 5) is 23.5. The number of carbonyl (C=O) groups excluding carboxylic acids is 1. The normalized spacial score (nSPS) is 14.5. The highest BCUT2D eigenvalue weighted by Gasteiger charge is 2.25. The van der Waals surface area contributed by atoms with Crippen LogP contribution in [0.4, 0.5) is 10.9 Å². The lowest BCUT2D eigenvalue weighted by atomic mass is 9.96. The van der Waals surface area contributed by atoms with Crippen LogP contribution in [-0.4, -0.2) is 65.5 Å². The Kier molecular flexibility index (Phi) is 7.22. The van der Waals surface area contributed by atoms with E-state index in [2.05, 4.69) is 24.8 Å². The van der Waals surface area contributed by atoms with E-state index in [1.54, 1.807) is 30.2 Å². The van der Waals surface area contributed by atoms with Crippen LogP contribution in [0.1, 0.15) is 31.5 Å². The zero-order valence-corrected chi connectivity index (χ0v) is 19.5. The molecule has 0 bridgehead atoms. The number of aromatic nitrogens is 5. The number of aliphatic hydroxyl groups excluding tert-OH is 1. The number of nitrogens with zero attached hydrogens (tertiary/aromatic N) is 6. The van der Waals surface area contributed by atoms with Gasteiger partial charge in [0.05, 0.1) is 19.0 Å². The van der Waals surface area contributed by atoms with Crippen LogP contribution in [0.2, 0.25) is 0 Å². The van der Waals surface area contributed by atoms with Gasteiger partial charge < -0.3 is 20.1 Å². The van der Waals surface area contributed by atoms with Crippen molar-refractivity contribution in [2.75, 3.05) is 30.8 Å². The molecule has 4 rings (SSSR count). The van der Waals surface area contributed by atoms with Crippen molar-refractivity contribution in [3.05, 3.63) is 30.5 Å². The molecule has 1 aliphatic rings. The van der Waals surface area contributed by atoms with Gasteiger partial charge in [-0.3, -0.25) is 9.48 Å². The van der Waals surface area contributed by atoms with Crippen LogP contribution in [0.5, 0.6) is 11.5 Å². The number of nitrogens with one attached hydrogen (secondary N) is 1. The van der Waals surface area contributed by atoms with Crippen molar-refractivity contribution in [2.45, 2.75) is 30.6 Å². The van der Waals surface area contributed by atoms with Crippen molar-refractivity contribution in [3.63, 3.8) is 0 Å². The van der Waals surface area contributed by atoms with Gasteiger partial charge in [0.15, 0.2) is 17.3 Å². The number of hydrogen-bond acceptors (Lipinski definition) is 10. The molecule has 1 fully saturated rings. The van der Waals surface area contributed by atoms with E-state index in [1.165, 1.54) is 23.3 Å². The highest BCUT2D eigenvalue weighted by molar-refractivity contribution is 7.99. The Morgan fingerprint density at radius 3 is 2.88 bits per heavy atom. The van der Waals surface area contributed by atoms with E-state index in [4.69, 9.17) is 9.84 Å². The largest absolute Gasteiger partial charge is 0.450 e. The molecule has 2 N–H and O–H groups in total. The lowest BCUT2D eigenvalue weighted by molar-refractivity contribution is -0.129. The van der Waals surface area contributed by atoms with E-state index < -0.39 is 0 Å². The average molecular weight is 476 g/mol. The smallest absolute Gasteiger partial charge is 0.219 e. The van der Waals surface area contributed by atoms with Crippen LogP contribution in [0.3, 0.4) is 0 Å². The number of piperidine rings is 1. The first-order valence-corrected chi connectivity index (χ1v) is 12.0. The Balaban J connectivity index is 1.49. The van der Waals surface area contributed by atoms with Crippen LogP contribution < -0.4 is 10.1 Å². The molecular formula is C20H25N7O3S2. The minimum Gasteiger partial charge on any atom is -0.450 e. The third-order valence-electron chi connectivity index (χ3n) is 5.07. The van der Waals surface area contributed by atoms with E-state index in [1.807, 2.05) is 18.0 Å². The number of rotatable bonds is 8. The second kappa shape index (κ2) is 10.3. The number of aliphatic hydroxyl groups is 1. The number of pyridine rings is 1. The summed E-state index contributed by atoms with van der Waals surface area (Å²) in [7, 11) is 1.82. The fourth-order valence-electron chi connectivity index (χ4n) is 3.42. The molecule has 0 aromatic carbocycles. The maximum Gasteiger partial charge on any atom is 0.219 e. The molecule has 0 spiro atoms. The third kappa shape index (κ3) is 5.56. The highest BCUT2D eigenvalue weighted by atomic mass is 32.2. The van der Waals surface area contributed by atoms with Crippen molar-refractivity contribution in [2.24, 2.45) is 7.05 Å². The van der Waals surface area contributed by atoms with Crippen molar-refractivity contribution in [1.29, 1.82) is 0 Å². The van der Waals surface area contributed by atoms with Gasteiger partial charge in [-0.2, -0.15) is 9.47 Å². The van der Waals surface area contributed by atoms with E-state index in [0.29, 0.717) is 28.2 Å². The van der Waals surface area contributed by atoms with Gasteiger partial charge in [0.1, 0.15) is 5.82 Å². The van der Waals surface area contributed by atoms with Gasteiger partial charge in [-0.15, -0.1) is 11.8 Å². The fraction of sp³-hybridized carbons (Fsp3) is 0.450. The molecule has 10 nitrogen and oxygen atoms in total. The second-order valence-electron chi connectivity index (χ2n) is 7.40. The van der Waals surface area contributed by atoms with Crippen LogP contribution in [0.15, 0.2) is 29.6 Å². The quantitative estimate of drug-likeness (QED) is 0.474. The number of aryl methyl sites for hydroxylation is 1. The first-order valence-electron chi connectivity index (χ1n) is 10.3.